The molecule has 1 amide bonds. The Morgan fingerprint density at radius 1 is 1.71 bits per heavy atom. The van der Waals surface area contributed by atoms with Crippen LogP contribution in [0.3, 0.4) is 0 Å². The largest absolute Gasteiger partial charge is 0.481 e. The van der Waals surface area contributed by atoms with E-state index in [2.05, 4.69) is 0 Å². The fourth-order valence-electron chi connectivity index (χ4n) is 1.60. The second-order valence-electron chi connectivity index (χ2n) is 3.31. The van der Waals surface area contributed by atoms with Gasteiger partial charge in [-0.25, -0.2) is 4.79 Å². The zero-order valence-corrected chi connectivity index (χ0v) is 8.40. The molecule has 0 bridgehead atoms. The minimum absolute atomic E-state index is 0.389. The van der Waals surface area contributed by atoms with Crippen molar-refractivity contribution in [1.29, 1.82) is 0 Å². The summed E-state index contributed by atoms with van der Waals surface area (Å²) in [5.74, 6) is -1.49. The molecule has 0 aromatic carbocycles. The number of carbonyl (C=O) groups is 2. The second-order valence-corrected chi connectivity index (χ2v) is 3.31. The van der Waals surface area contributed by atoms with Crippen LogP contribution in [-0.4, -0.2) is 41.3 Å². The summed E-state index contributed by atoms with van der Waals surface area (Å²) >= 11 is 0. The van der Waals surface area contributed by atoms with Crippen molar-refractivity contribution in [1.82, 2.24) is 4.90 Å². The number of hydrogen-bond acceptors (Lipinski definition) is 3. The van der Waals surface area contributed by atoms with Crippen molar-refractivity contribution in [2.75, 3.05) is 13.1 Å². The number of hydrogen-bond donors (Lipinski definition) is 1. The minimum atomic E-state index is -0.900. The molecule has 0 aromatic rings. The van der Waals surface area contributed by atoms with Crippen molar-refractivity contribution in [2.24, 2.45) is 5.92 Å². The first-order chi connectivity index (χ1) is 6.60. The lowest BCUT2D eigenvalue weighted by Crippen LogP contribution is -2.31. The third kappa shape index (κ3) is 1.97. The molecule has 0 spiro atoms. The number of amides is 1. The van der Waals surface area contributed by atoms with E-state index in [9.17, 15) is 9.59 Å². The van der Waals surface area contributed by atoms with Crippen LogP contribution in [0.25, 0.3) is 0 Å². The van der Waals surface area contributed by atoms with Crippen LogP contribution < -0.4 is 0 Å². The Morgan fingerprint density at radius 2 is 2.36 bits per heavy atom. The van der Waals surface area contributed by atoms with Gasteiger partial charge < -0.3 is 14.7 Å². The molecule has 0 aromatic heterocycles. The quantitative estimate of drug-likeness (QED) is 0.735. The first-order valence-corrected chi connectivity index (χ1v) is 4.78. The van der Waals surface area contributed by atoms with Crippen LogP contribution >= 0.6 is 0 Å². The highest BCUT2D eigenvalue weighted by Crippen LogP contribution is 2.20. The zero-order valence-electron chi connectivity index (χ0n) is 8.40. The van der Waals surface area contributed by atoms with Crippen LogP contribution in [0, 0.1) is 5.92 Å². The molecule has 1 aliphatic rings. The molecule has 14 heavy (non-hydrogen) atoms. The molecule has 0 radical (unpaired) electrons. The molecule has 80 valence electrons. The number of ether oxygens (including phenoxy) is 1. The molecular formula is C9H15NO4. The molecule has 2 unspecified atom stereocenters. The van der Waals surface area contributed by atoms with Gasteiger partial charge in [0.05, 0.1) is 12.5 Å². The van der Waals surface area contributed by atoms with Crippen LogP contribution in [0.4, 0.5) is 4.79 Å². The van der Waals surface area contributed by atoms with Crippen LogP contribution in [0.1, 0.15) is 20.3 Å². The highest BCUT2D eigenvalue weighted by atomic mass is 16.6. The predicted octanol–water partition coefficient (Wildman–Crippen LogP) is 0.938. The van der Waals surface area contributed by atoms with E-state index in [1.807, 2.05) is 6.92 Å². The van der Waals surface area contributed by atoms with E-state index in [4.69, 9.17) is 9.84 Å². The van der Waals surface area contributed by atoms with E-state index in [1.54, 1.807) is 6.92 Å². The maximum absolute atomic E-state index is 11.2. The van der Waals surface area contributed by atoms with Crippen molar-refractivity contribution in [3.05, 3.63) is 0 Å². The molecule has 0 aliphatic carbocycles. The third-order valence-electron chi connectivity index (χ3n) is 2.50. The van der Waals surface area contributed by atoms with Gasteiger partial charge in [0.15, 0.2) is 0 Å². The van der Waals surface area contributed by atoms with E-state index in [1.165, 1.54) is 4.90 Å². The molecule has 5 nitrogen and oxygen atoms in total. The number of rotatable bonds is 4. The standard InChI is InChI=1S/C9H15NO4/c1-3-6(8(11)12)7-5-10(4-2)9(13)14-7/h6-7H,3-5H2,1-2H3,(H,11,12). The number of carboxylic acids is 1. The number of aliphatic carboxylic acids is 1. The van der Waals surface area contributed by atoms with Gasteiger partial charge in [-0.05, 0) is 13.3 Å². The van der Waals surface area contributed by atoms with Crippen molar-refractivity contribution >= 4 is 12.1 Å². The average molecular weight is 201 g/mol. The molecule has 1 aliphatic heterocycles. The first kappa shape index (κ1) is 10.8. The average Bonchev–Trinajstić information content (AvgIpc) is 2.47. The summed E-state index contributed by atoms with van der Waals surface area (Å²) in [4.78, 5) is 23.5. The summed E-state index contributed by atoms with van der Waals surface area (Å²) in [6.07, 6.45) is -0.424. The maximum Gasteiger partial charge on any atom is 0.410 e. The highest BCUT2D eigenvalue weighted by Gasteiger charge is 2.38. The van der Waals surface area contributed by atoms with Gasteiger partial charge in [-0.15, -0.1) is 0 Å². The minimum Gasteiger partial charge on any atom is -0.481 e. The van der Waals surface area contributed by atoms with Gasteiger partial charge in [0.2, 0.25) is 0 Å². The number of likely N-dealkylation sites (N-methyl/N-ethyl adjacent to an activating group) is 1. The molecule has 1 N–H and O–H groups in total. The van der Waals surface area contributed by atoms with Crippen molar-refractivity contribution in [3.63, 3.8) is 0 Å². The third-order valence-corrected chi connectivity index (χ3v) is 2.50. The summed E-state index contributed by atoms with van der Waals surface area (Å²) < 4.78 is 4.99. The normalized spacial score (nSPS) is 23.4. The topological polar surface area (TPSA) is 66.8 Å². The van der Waals surface area contributed by atoms with E-state index < -0.39 is 24.1 Å². The zero-order chi connectivity index (χ0) is 10.7. The Bertz CT molecular complexity index is 241. The number of nitrogens with zero attached hydrogens (tertiary/aromatic N) is 1. The summed E-state index contributed by atoms with van der Waals surface area (Å²) in [6, 6.07) is 0. The Morgan fingerprint density at radius 3 is 2.71 bits per heavy atom. The number of carbonyl (C=O) groups excluding carboxylic acids is 1. The molecule has 1 heterocycles. The van der Waals surface area contributed by atoms with E-state index in [0.29, 0.717) is 19.5 Å². The van der Waals surface area contributed by atoms with Crippen LogP contribution in [0.5, 0.6) is 0 Å². The first-order valence-electron chi connectivity index (χ1n) is 4.78. The van der Waals surface area contributed by atoms with Gasteiger partial charge in [-0.2, -0.15) is 0 Å². The lowest BCUT2D eigenvalue weighted by molar-refractivity contribution is -0.145. The van der Waals surface area contributed by atoms with Gasteiger partial charge >= 0.3 is 12.1 Å². The molecule has 5 heteroatoms. The second kappa shape index (κ2) is 4.30. The fourth-order valence-corrected chi connectivity index (χ4v) is 1.60. The van der Waals surface area contributed by atoms with Gasteiger partial charge in [0.1, 0.15) is 6.10 Å². The lowest BCUT2D eigenvalue weighted by Gasteiger charge is -2.15. The predicted molar refractivity (Wildman–Crippen MR) is 48.9 cm³/mol. The Balaban J connectivity index is 2.63. The van der Waals surface area contributed by atoms with Crippen molar-refractivity contribution in [3.8, 4) is 0 Å². The van der Waals surface area contributed by atoms with Gasteiger partial charge in [0.25, 0.3) is 0 Å². The molecule has 0 saturated carbocycles. The summed E-state index contributed by atoms with van der Waals surface area (Å²) in [5, 5.41) is 8.87. The number of carboxylic acid groups (broad SMARTS) is 1. The van der Waals surface area contributed by atoms with Gasteiger partial charge in [-0.1, -0.05) is 6.92 Å². The Labute approximate surface area is 82.6 Å². The van der Waals surface area contributed by atoms with E-state index in [-0.39, 0.29) is 0 Å². The number of cyclic esters (lactones) is 1. The molecule has 1 rings (SSSR count). The fraction of sp³-hybridized carbons (Fsp3) is 0.778. The summed E-state index contributed by atoms with van der Waals surface area (Å²) in [7, 11) is 0. The SMILES string of the molecule is CCC(C(=O)O)C1CN(CC)C(=O)O1. The van der Waals surface area contributed by atoms with Gasteiger partial charge in [-0.3, -0.25) is 4.79 Å². The maximum atomic E-state index is 11.2. The monoisotopic (exact) mass is 201 g/mol. The lowest BCUT2D eigenvalue weighted by atomic mass is 10.00. The molecule has 1 fully saturated rings. The van der Waals surface area contributed by atoms with Gasteiger partial charge in [0, 0.05) is 6.54 Å². The smallest absolute Gasteiger partial charge is 0.410 e. The van der Waals surface area contributed by atoms with Crippen molar-refractivity contribution in [2.45, 2.75) is 26.4 Å². The Hall–Kier alpha value is -1.26. The molecular weight excluding hydrogens is 186 g/mol. The highest BCUT2D eigenvalue weighted by molar-refractivity contribution is 5.74. The Kier molecular flexibility index (Phi) is 3.33. The summed E-state index contributed by atoms with van der Waals surface area (Å²) in [5.41, 5.74) is 0. The molecule has 1 saturated heterocycles. The van der Waals surface area contributed by atoms with Crippen LogP contribution in [0.15, 0.2) is 0 Å². The van der Waals surface area contributed by atoms with Crippen LogP contribution in [-0.2, 0) is 9.53 Å². The molecule has 2 atom stereocenters. The van der Waals surface area contributed by atoms with E-state index >= 15 is 0 Å². The van der Waals surface area contributed by atoms with E-state index in [0.717, 1.165) is 0 Å². The van der Waals surface area contributed by atoms with Crippen LogP contribution in [0.2, 0.25) is 0 Å². The summed E-state index contributed by atoms with van der Waals surface area (Å²) in [6.45, 7) is 4.57. The van der Waals surface area contributed by atoms with Crippen molar-refractivity contribution < 1.29 is 19.4 Å².